The molecule has 2 aliphatic heterocycles. The normalized spacial score (nSPS) is 25.5. The third-order valence-electron chi connectivity index (χ3n) is 14.0. The molecule has 11 atom stereocenters. The molecule has 2 aliphatic rings. The van der Waals surface area contributed by atoms with Crippen molar-refractivity contribution in [1.82, 2.24) is 0 Å². The highest BCUT2D eigenvalue weighted by Crippen LogP contribution is 2.27. The van der Waals surface area contributed by atoms with Crippen molar-refractivity contribution in [2.45, 2.75) is 306 Å². The second-order valence-electron chi connectivity index (χ2n) is 20.5. The number of esters is 1. The predicted octanol–water partition coefficient (Wildman–Crippen LogP) is 9.80. The molecule has 0 saturated carbocycles. The van der Waals surface area contributed by atoms with Crippen LogP contribution < -0.4 is 0 Å². The average Bonchev–Trinajstić information content (AvgIpc) is 3.36. The highest BCUT2D eigenvalue weighted by molar-refractivity contribution is 5.69. The summed E-state index contributed by atoms with van der Waals surface area (Å²) in [6.45, 7) is 3.74. The van der Waals surface area contributed by atoms with Gasteiger partial charge in [0.2, 0.25) is 0 Å². The fraction of sp³-hybridized carbons (Fsp3) is 0.946. The van der Waals surface area contributed by atoms with E-state index in [-0.39, 0.29) is 25.6 Å². The Morgan fingerprint density at radius 3 is 1.30 bits per heavy atom. The van der Waals surface area contributed by atoms with Crippen LogP contribution in [0.5, 0.6) is 0 Å². The standard InChI is InChI=1S/C56H106O14/c1-3-5-7-9-11-13-15-17-19-21-22-23-25-27-29-31-33-35-37-39-48(58)68-45(42-65-40-38-36-34-32-30-28-26-24-20-18-16-14-12-10-8-6-4-2)43-66-55-54(64)52(62)50(60)47(70-55)44-67-56-53(63)51(61)49(59)46(41-57)69-56/h17,19,45-47,49-57,59-64H,3-16,18,20-44H2,1-2H3/b19-17-. The van der Waals surface area contributed by atoms with Crippen LogP contribution in [0.25, 0.3) is 0 Å². The van der Waals surface area contributed by atoms with Crippen molar-refractivity contribution < 1.29 is 69.0 Å². The van der Waals surface area contributed by atoms with E-state index in [1.165, 1.54) is 173 Å². The Labute approximate surface area is 425 Å². The van der Waals surface area contributed by atoms with Gasteiger partial charge in [0.1, 0.15) is 54.9 Å². The van der Waals surface area contributed by atoms with E-state index in [1.807, 2.05) is 0 Å². The van der Waals surface area contributed by atoms with E-state index in [0.717, 1.165) is 38.5 Å². The van der Waals surface area contributed by atoms with Crippen molar-refractivity contribution >= 4 is 5.97 Å². The molecule has 2 heterocycles. The minimum absolute atomic E-state index is 0.0672. The Morgan fingerprint density at radius 1 is 0.457 bits per heavy atom. The molecule has 2 saturated heterocycles. The zero-order chi connectivity index (χ0) is 50.9. The summed E-state index contributed by atoms with van der Waals surface area (Å²) in [6.07, 6.45) is 31.2. The summed E-state index contributed by atoms with van der Waals surface area (Å²) in [7, 11) is 0. The Balaban J connectivity index is 1.72. The molecule has 0 spiro atoms. The highest BCUT2D eigenvalue weighted by atomic mass is 16.7. The number of rotatable bonds is 47. The average molecular weight is 1000 g/mol. The van der Waals surface area contributed by atoms with Crippen LogP contribution in [0.2, 0.25) is 0 Å². The number of allylic oxidation sites excluding steroid dienone is 2. The van der Waals surface area contributed by atoms with Gasteiger partial charge in [-0.15, -0.1) is 0 Å². The molecule has 0 aliphatic carbocycles. The second kappa shape index (κ2) is 44.1. The van der Waals surface area contributed by atoms with E-state index in [2.05, 4.69) is 26.0 Å². The molecule has 11 unspecified atom stereocenters. The zero-order valence-electron chi connectivity index (χ0n) is 44.3. The summed E-state index contributed by atoms with van der Waals surface area (Å²) < 4.78 is 34.4. The van der Waals surface area contributed by atoms with Gasteiger partial charge in [-0.2, -0.15) is 0 Å². The first-order chi connectivity index (χ1) is 34.1. The van der Waals surface area contributed by atoms with E-state index in [0.29, 0.717) is 13.0 Å². The Bertz CT molecular complexity index is 1210. The lowest BCUT2D eigenvalue weighted by Crippen LogP contribution is -2.61. The lowest BCUT2D eigenvalue weighted by molar-refractivity contribution is -0.332. The molecule has 0 amide bonds. The van der Waals surface area contributed by atoms with Gasteiger partial charge in [-0.3, -0.25) is 4.79 Å². The zero-order valence-corrected chi connectivity index (χ0v) is 44.3. The number of hydrogen-bond acceptors (Lipinski definition) is 14. The quantitative estimate of drug-likeness (QED) is 0.0172. The summed E-state index contributed by atoms with van der Waals surface area (Å²) in [5.74, 6) is -0.373. The van der Waals surface area contributed by atoms with Crippen LogP contribution >= 0.6 is 0 Å². The SMILES string of the molecule is CCCCCCCC/C=C\CCCCCCCCCCCC(=O)OC(COCCCCCCCCCCCCCCCCCCC)COC1OC(COC2OC(CO)C(O)C(O)C2O)C(O)C(O)C1O. The van der Waals surface area contributed by atoms with E-state index in [4.69, 9.17) is 28.4 Å². The van der Waals surface area contributed by atoms with Crippen LogP contribution in [0.1, 0.15) is 239 Å². The highest BCUT2D eigenvalue weighted by Gasteiger charge is 2.47. The fourth-order valence-electron chi connectivity index (χ4n) is 9.34. The number of aliphatic hydroxyl groups is 7. The maximum Gasteiger partial charge on any atom is 0.306 e. The van der Waals surface area contributed by atoms with Crippen LogP contribution in [-0.2, 0) is 33.2 Å². The first-order valence-corrected chi connectivity index (χ1v) is 28.8. The smallest absolute Gasteiger partial charge is 0.306 e. The van der Waals surface area contributed by atoms with Crippen molar-refractivity contribution in [2.24, 2.45) is 0 Å². The monoisotopic (exact) mass is 1000 g/mol. The summed E-state index contributed by atoms with van der Waals surface area (Å²) in [6, 6.07) is 0. The molecule has 2 rings (SSSR count). The molecular formula is C56H106O14. The van der Waals surface area contributed by atoms with Crippen LogP contribution in [0.3, 0.4) is 0 Å². The van der Waals surface area contributed by atoms with Gasteiger partial charge >= 0.3 is 5.97 Å². The molecule has 0 aromatic heterocycles. The van der Waals surface area contributed by atoms with E-state index >= 15 is 0 Å². The number of ether oxygens (including phenoxy) is 6. The van der Waals surface area contributed by atoms with Gasteiger partial charge in [0.15, 0.2) is 12.6 Å². The Morgan fingerprint density at radius 2 is 0.843 bits per heavy atom. The van der Waals surface area contributed by atoms with Crippen LogP contribution in [0.15, 0.2) is 12.2 Å². The summed E-state index contributed by atoms with van der Waals surface area (Å²) in [5, 5.41) is 72.3. The van der Waals surface area contributed by atoms with E-state index in [1.54, 1.807) is 0 Å². The molecule has 7 N–H and O–H groups in total. The second-order valence-corrected chi connectivity index (χ2v) is 20.5. The maximum absolute atomic E-state index is 13.1. The van der Waals surface area contributed by atoms with E-state index in [9.17, 15) is 40.5 Å². The van der Waals surface area contributed by atoms with Gasteiger partial charge < -0.3 is 64.2 Å². The third-order valence-corrected chi connectivity index (χ3v) is 14.0. The van der Waals surface area contributed by atoms with Gasteiger partial charge in [-0.25, -0.2) is 0 Å². The molecule has 14 heteroatoms. The first kappa shape index (κ1) is 64.8. The van der Waals surface area contributed by atoms with Crippen molar-refractivity contribution in [3.63, 3.8) is 0 Å². The number of carbonyl (C=O) groups is 1. The maximum atomic E-state index is 13.1. The Hall–Kier alpha value is -1.27. The minimum atomic E-state index is -1.70. The van der Waals surface area contributed by atoms with E-state index < -0.39 is 80.7 Å². The Kier molecular flexibility index (Phi) is 40.8. The molecular weight excluding hydrogens is 897 g/mol. The van der Waals surface area contributed by atoms with Crippen molar-refractivity contribution in [2.75, 3.05) is 33.0 Å². The largest absolute Gasteiger partial charge is 0.457 e. The van der Waals surface area contributed by atoms with Crippen LogP contribution in [-0.4, -0.2) is 142 Å². The molecule has 0 radical (unpaired) electrons. The number of hydrogen-bond donors (Lipinski definition) is 7. The summed E-state index contributed by atoms with van der Waals surface area (Å²) in [5.41, 5.74) is 0. The summed E-state index contributed by atoms with van der Waals surface area (Å²) in [4.78, 5) is 13.1. The molecule has 14 nitrogen and oxygen atoms in total. The number of carbonyl (C=O) groups excluding carboxylic acids is 1. The summed E-state index contributed by atoms with van der Waals surface area (Å²) >= 11 is 0. The molecule has 0 bridgehead atoms. The number of unbranched alkanes of at least 4 members (excludes halogenated alkanes) is 31. The van der Waals surface area contributed by atoms with Gasteiger partial charge in [0.05, 0.1) is 26.4 Å². The van der Waals surface area contributed by atoms with Gasteiger partial charge in [0.25, 0.3) is 0 Å². The van der Waals surface area contributed by atoms with Gasteiger partial charge in [-0.1, -0.05) is 206 Å². The first-order valence-electron chi connectivity index (χ1n) is 28.8. The molecule has 0 aromatic rings. The van der Waals surface area contributed by atoms with Crippen LogP contribution in [0, 0.1) is 0 Å². The fourth-order valence-corrected chi connectivity index (χ4v) is 9.34. The van der Waals surface area contributed by atoms with Crippen molar-refractivity contribution in [1.29, 1.82) is 0 Å². The van der Waals surface area contributed by atoms with Gasteiger partial charge in [0, 0.05) is 13.0 Å². The number of aliphatic hydroxyl groups excluding tert-OH is 7. The molecule has 414 valence electrons. The van der Waals surface area contributed by atoms with Crippen molar-refractivity contribution in [3.8, 4) is 0 Å². The van der Waals surface area contributed by atoms with Crippen LogP contribution in [0.4, 0.5) is 0 Å². The van der Waals surface area contributed by atoms with Crippen molar-refractivity contribution in [3.05, 3.63) is 12.2 Å². The third kappa shape index (κ3) is 30.8. The minimum Gasteiger partial charge on any atom is -0.457 e. The molecule has 70 heavy (non-hydrogen) atoms. The predicted molar refractivity (Wildman–Crippen MR) is 275 cm³/mol. The molecule has 2 fully saturated rings. The van der Waals surface area contributed by atoms with Gasteiger partial charge in [-0.05, 0) is 38.5 Å². The molecule has 0 aromatic carbocycles. The topological polar surface area (TPSA) is 214 Å². The lowest BCUT2D eigenvalue weighted by Gasteiger charge is -2.42. The lowest BCUT2D eigenvalue weighted by atomic mass is 9.98.